The molecule has 0 aliphatic carbocycles. The van der Waals surface area contributed by atoms with E-state index in [0.717, 1.165) is 17.8 Å². The number of aromatic nitrogens is 2. The number of aryl methyl sites for hydroxylation is 1. The molecular weight excluding hydrogens is 264 g/mol. The summed E-state index contributed by atoms with van der Waals surface area (Å²) in [7, 11) is 0. The Balaban J connectivity index is 2.60. The Kier molecular flexibility index (Phi) is 5.68. The summed E-state index contributed by atoms with van der Waals surface area (Å²) in [6.45, 7) is 8.09. The molecule has 0 spiro atoms. The number of anilines is 1. The van der Waals surface area contributed by atoms with Crippen molar-refractivity contribution in [3.63, 3.8) is 0 Å². The number of carbonyl (C=O) groups excluding carboxylic acids is 1. The van der Waals surface area contributed by atoms with Crippen LogP contribution in [0.15, 0.2) is 0 Å². The summed E-state index contributed by atoms with van der Waals surface area (Å²) in [4.78, 5) is 13.6. The third-order valence-electron chi connectivity index (χ3n) is 2.39. The van der Waals surface area contributed by atoms with E-state index in [0.29, 0.717) is 11.7 Å². The van der Waals surface area contributed by atoms with Crippen molar-refractivity contribution in [1.82, 2.24) is 15.1 Å². The molecule has 0 saturated heterocycles. The minimum absolute atomic E-state index is 0.260. The number of nitrogens with zero attached hydrogens (tertiary/aromatic N) is 3. The molecule has 7 heteroatoms. The first kappa shape index (κ1) is 15.8. The molecule has 0 aliphatic rings. The first-order valence-corrected chi connectivity index (χ1v) is 7.28. The third kappa shape index (κ3) is 5.52. The SMILES string of the molecule is CCCc1nnc(NC(=O)N(CC)CC(C)(C)O)s1. The molecule has 1 heterocycles. The monoisotopic (exact) mass is 286 g/mol. The Morgan fingerprint density at radius 3 is 2.63 bits per heavy atom. The molecule has 19 heavy (non-hydrogen) atoms. The van der Waals surface area contributed by atoms with Gasteiger partial charge in [0.05, 0.1) is 12.1 Å². The molecule has 0 aliphatic heterocycles. The summed E-state index contributed by atoms with van der Waals surface area (Å²) < 4.78 is 0. The zero-order valence-corrected chi connectivity index (χ0v) is 12.8. The molecular formula is C12H22N4O2S. The Hall–Kier alpha value is -1.21. The Morgan fingerprint density at radius 2 is 2.11 bits per heavy atom. The van der Waals surface area contributed by atoms with E-state index >= 15 is 0 Å². The summed E-state index contributed by atoms with van der Waals surface area (Å²) in [6, 6.07) is -0.260. The number of carbonyl (C=O) groups is 1. The van der Waals surface area contributed by atoms with Gasteiger partial charge in [0, 0.05) is 13.0 Å². The van der Waals surface area contributed by atoms with Crippen LogP contribution in [0.5, 0.6) is 0 Å². The minimum atomic E-state index is -0.915. The molecule has 0 fully saturated rings. The molecule has 0 atom stereocenters. The number of amides is 2. The molecule has 0 unspecified atom stereocenters. The summed E-state index contributed by atoms with van der Waals surface area (Å²) in [6.07, 6.45) is 1.87. The van der Waals surface area contributed by atoms with Crippen LogP contribution in [0.3, 0.4) is 0 Å². The van der Waals surface area contributed by atoms with E-state index in [1.54, 1.807) is 18.7 Å². The van der Waals surface area contributed by atoms with Gasteiger partial charge < -0.3 is 10.0 Å². The lowest BCUT2D eigenvalue weighted by Crippen LogP contribution is -2.44. The van der Waals surface area contributed by atoms with E-state index in [9.17, 15) is 9.90 Å². The van der Waals surface area contributed by atoms with Gasteiger partial charge in [0.2, 0.25) is 5.13 Å². The Labute approximate surface area is 117 Å². The zero-order chi connectivity index (χ0) is 14.5. The topological polar surface area (TPSA) is 78.4 Å². The van der Waals surface area contributed by atoms with Gasteiger partial charge in [0.15, 0.2) is 0 Å². The van der Waals surface area contributed by atoms with Gasteiger partial charge >= 0.3 is 6.03 Å². The van der Waals surface area contributed by atoms with Crippen molar-refractivity contribution in [2.45, 2.75) is 46.1 Å². The summed E-state index contributed by atoms with van der Waals surface area (Å²) >= 11 is 1.39. The van der Waals surface area contributed by atoms with E-state index in [1.807, 2.05) is 6.92 Å². The van der Waals surface area contributed by atoms with Crippen LogP contribution in [-0.2, 0) is 6.42 Å². The van der Waals surface area contributed by atoms with Crippen LogP contribution in [0.2, 0.25) is 0 Å². The maximum atomic E-state index is 12.0. The molecule has 0 radical (unpaired) electrons. The maximum Gasteiger partial charge on any atom is 0.323 e. The van der Waals surface area contributed by atoms with Crippen molar-refractivity contribution in [3.05, 3.63) is 5.01 Å². The van der Waals surface area contributed by atoms with Crippen molar-refractivity contribution in [3.8, 4) is 0 Å². The number of hydrogen-bond donors (Lipinski definition) is 2. The lowest BCUT2D eigenvalue weighted by atomic mass is 10.1. The second-order valence-electron chi connectivity index (χ2n) is 5.01. The molecule has 108 valence electrons. The number of hydrogen-bond acceptors (Lipinski definition) is 5. The normalized spacial score (nSPS) is 11.4. The highest BCUT2D eigenvalue weighted by Crippen LogP contribution is 2.17. The van der Waals surface area contributed by atoms with Crippen molar-refractivity contribution in [2.24, 2.45) is 0 Å². The predicted molar refractivity (Wildman–Crippen MR) is 76.5 cm³/mol. The lowest BCUT2D eigenvalue weighted by Gasteiger charge is -2.27. The quantitative estimate of drug-likeness (QED) is 0.839. The fraction of sp³-hybridized carbons (Fsp3) is 0.750. The minimum Gasteiger partial charge on any atom is -0.389 e. The second-order valence-corrected chi connectivity index (χ2v) is 6.07. The average Bonchev–Trinajstić information content (AvgIpc) is 2.72. The van der Waals surface area contributed by atoms with E-state index in [2.05, 4.69) is 22.4 Å². The van der Waals surface area contributed by atoms with Gasteiger partial charge in [0.1, 0.15) is 5.01 Å². The average molecular weight is 286 g/mol. The van der Waals surface area contributed by atoms with Gasteiger partial charge in [-0.05, 0) is 27.2 Å². The molecule has 2 amide bonds. The first-order chi connectivity index (χ1) is 8.85. The highest BCUT2D eigenvalue weighted by atomic mass is 32.1. The summed E-state index contributed by atoms with van der Waals surface area (Å²) in [5.41, 5.74) is -0.915. The van der Waals surface area contributed by atoms with E-state index in [4.69, 9.17) is 0 Å². The van der Waals surface area contributed by atoms with Crippen LogP contribution in [0.4, 0.5) is 9.93 Å². The standard InChI is InChI=1S/C12H22N4O2S/c1-5-7-9-14-15-10(19-9)13-11(17)16(6-2)8-12(3,4)18/h18H,5-8H2,1-4H3,(H,13,15,17). The fourth-order valence-corrected chi connectivity index (χ4v) is 2.41. The van der Waals surface area contributed by atoms with Crippen LogP contribution >= 0.6 is 11.3 Å². The number of nitrogens with one attached hydrogen (secondary N) is 1. The largest absolute Gasteiger partial charge is 0.389 e. The van der Waals surface area contributed by atoms with Crippen LogP contribution in [0.25, 0.3) is 0 Å². The van der Waals surface area contributed by atoms with Gasteiger partial charge in [-0.2, -0.15) is 0 Å². The third-order valence-corrected chi connectivity index (χ3v) is 3.29. The van der Waals surface area contributed by atoms with Crippen molar-refractivity contribution in [2.75, 3.05) is 18.4 Å². The molecule has 0 saturated carbocycles. The number of aliphatic hydroxyl groups is 1. The van der Waals surface area contributed by atoms with Crippen molar-refractivity contribution in [1.29, 1.82) is 0 Å². The molecule has 1 aromatic heterocycles. The zero-order valence-electron chi connectivity index (χ0n) is 11.9. The number of likely N-dealkylation sites (N-methyl/N-ethyl adjacent to an activating group) is 1. The molecule has 2 N–H and O–H groups in total. The molecule has 0 bridgehead atoms. The number of rotatable bonds is 6. The Morgan fingerprint density at radius 1 is 1.42 bits per heavy atom. The van der Waals surface area contributed by atoms with Gasteiger partial charge in [0.25, 0.3) is 0 Å². The summed E-state index contributed by atoms with van der Waals surface area (Å²) in [5.74, 6) is 0. The maximum absolute atomic E-state index is 12.0. The van der Waals surface area contributed by atoms with Gasteiger partial charge in [-0.3, -0.25) is 5.32 Å². The highest BCUT2D eigenvalue weighted by Gasteiger charge is 2.22. The molecule has 6 nitrogen and oxygen atoms in total. The summed E-state index contributed by atoms with van der Waals surface area (Å²) in [5, 5.41) is 21.8. The predicted octanol–water partition coefficient (Wildman–Crippen LogP) is 2.12. The van der Waals surface area contributed by atoms with Crippen LogP contribution in [-0.4, -0.2) is 44.9 Å². The molecule has 1 rings (SSSR count). The smallest absolute Gasteiger partial charge is 0.323 e. The van der Waals surface area contributed by atoms with Crippen LogP contribution < -0.4 is 5.32 Å². The lowest BCUT2D eigenvalue weighted by molar-refractivity contribution is 0.0501. The van der Waals surface area contributed by atoms with Crippen molar-refractivity contribution < 1.29 is 9.90 Å². The van der Waals surface area contributed by atoms with E-state index in [1.165, 1.54) is 11.3 Å². The van der Waals surface area contributed by atoms with E-state index < -0.39 is 5.60 Å². The Bertz CT molecular complexity index is 414. The van der Waals surface area contributed by atoms with Gasteiger partial charge in [-0.1, -0.05) is 18.3 Å². The van der Waals surface area contributed by atoms with Gasteiger partial charge in [-0.15, -0.1) is 10.2 Å². The fourth-order valence-electron chi connectivity index (χ4n) is 1.58. The van der Waals surface area contributed by atoms with E-state index in [-0.39, 0.29) is 12.6 Å². The second kappa shape index (κ2) is 6.81. The van der Waals surface area contributed by atoms with Crippen molar-refractivity contribution >= 4 is 22.5 Å². The molecule has 0 aromatic carbocycles. The first-order valence-electron chi connectivity index (χ1n) is 6.46. The van der Waals surface area contributed by atoms with Gasteiger partial charge in [-0.25, -0.2) is 4.79 Å². The molecule has 1 aromatic rings. The highest BCUT2D eigenvalue weighted by molar-refractivity contribution is 7.15. The number of urea groups is 1. The van der Waals surface area contributed by atoms with Crippen LogP contribution in [0, 0.1) is 0 Å². The van der Waals surface area contributed by atoms with Crippen LogP contribution in [0.1, 0.15) is 39.1 Å².